The van der Waals surface area contributed by atoms with E-state index in [1.807, 2.05) is 0 Å². The fourth-order valence-corrected chi connectivity index (χ4v) is 4.91. The van der Waals surface area contributed by atoms with Crippen LogP contribution in [0.25, 0.3) is 0 Å². The third kappa shape index (κ3) is 6.81. The third-order valence-electron chi connectivity index (χ3n) is 4.68. The van der Waals surface area contributed by atoms with Crippen LogP contribution in [0, 0.1) is 0 Å². The van der Waals surface area contributed by atoms with Crippen molar-refractivity contribution in [1.29, 1.82) is 0 Å². The minimum absolute atomic E-state index is 0.0143. The SMILES string of the molecule is O=C(CN(c1cc(C(F)(F)F)ccc1Cl)S(=O)(=O)c1ccccc1)NCCOc1ccccc1Cl. The first-order valence-electron chi connectivity index (χ1n) is 10.1. The molecule has 0 heterocycles. The van der Waals surface area contributed by atoms with Crippen LogP contribution >= 0.6 is 23.2 Å². The molecule has 0 radical (unpaired) electrons. The molecule has 0 atom stereocenters. The number of para-hydroxylation sites is 1. The first-order valence-corrected chi connectivity index (χ1v) is 12.3. The number of carbonyl (C=O) groups is 1. The van der Waals surface area contributed by atoms with Crippen molar-refractivity contribution in [2.75, 3.05) is 24.0 Å². The second-order valence-corrected chi connectivity index (χ2v) is 9.79. The molecule has 3 aromatic rings. The van der Waals surface area contributed by atoms with Crippen molar-refractivity contribution in [1.82, 2.24) is 5.32 Å². The van der Waals surface area contributed by atoms with Gasteiger partial charge in [-0.1, -0.05) is 53.5 Å². The molecule has 0 aliphatic carbocycles. The summed E-state index contributed by atoms with van der Waals surface area (Å²) in [5, 5.41) is 2.58. The maximum absolute atomic E-state index is 13.3. The molecule has 1 amide bonds. The van der Waals surface area contributed by atoms with E-state index < -0.39 is 39.9 Å². The van der Waals surface area contributed by atoms with E-state index in [0.29, 0.717) is 21.1 Å². The van der Waals surface area contributed by atoms with Gasteiger partial charge in [-0.15, -0.1) is 0 Å². The average Bonchev–Trinajstić information content (AvgIpc) is 2.81. The quantitative estimate of drug-likeness (QED) is 0.364. The van der Waals surface area contributed by atoms with Crippen molar-refractivity contribution >= 4 is 44.8 Å². The summed E-state index contributed by atoms with van der Waals surface area (Å²) in [5.41, 5.74) is -1.59. The predicted octanol–water partition coefficient (Wildman–Crippen LogP) is 5.40. The highest BCUT2D eigenvalue weighted by atomic mass is 35.5. The largest absolute Gasteiger partial charge is 0.490 e. The van der Waals surface area contributed by atoms with Crippen molar-refractivity contribution in [2.45, 2.75) is 11.1 Å². The van der Waals surface area contributed by atoms with E-state index in [1.54, 1.807) is 30.3 Å². The van der Waals surface area contributed by atoms with Gasteiger partial charge >= 0.3 is 6.18 Å². The van der Waals surface area contributed by atoms with Crippen molar-refractivity contribution in [3.05, 3.63) is 88.4 Å². The van der Waals surface area contributed by atoms with E-state index in [2.05, 4.69) is 5.32 Å². The second-order valence-electron chi connectivity index (χ2n) is 7.12. The summed E-state index contributed by atoms with van der Waals surface area (Å²) in [7, 11) is -4.44. The van der Waals surface area contributed by atoms with Crippen LogP contribution in [0.15, 0.2) is 77.7 Å². The second kappa shape index (κ2) is 11.2. The molecule has 12 heteroatoms. The first kappa shape index (κ1) is 26.7. The van der Waals surface area contributed by atoms with E-state index in [-0.39, 0.29) is 23.1 Å². The summed E-state index contributed by atoms with van der Waals surface area (Å²) in [6.07, 6.45) is -4.75. The number of nitrogens with zero attached hydrogens (tertiary/aromatic N) is 1. The van der Waals surface area contributed by atoms with Gasteiger partial charge in [-0.3, -0.25) is 9.10 Å². The van der Waals surface area contributed by atoms with Crippen LogP contribution in [-0.2, 0) is 21.0 Å². The number of hydrogen-bond acceptors (Lipinski definition) is 4. The third-order valence-corrected chi connectivity index (χ3v) is 7.08. The summed E-state index contributed by atoms with van der Waals surface area (Å²) >= 11 is 12.1. The predicted molar refractivity (Wildman–Crippen MR) is 127 cm³/mol. The first-order chi connectivity index (χ1) is 16.5. The van der Waals surface area contributed by atoms with E-state index in [1.165, 1.54) is 24.3 Å². The fraction of sp³-hybridized carbons (Fsp3) is 0.174. The van der Waals surface area contributed by atoms with Crippen LogP contribution in [0.4, 0.5) is 18.9 Å². The summed E-state index contributed by atoms with van der Waals surface area (Å²) in [6.45, 7) is -0.810. The molecule has 6 nitrogen and oxygen atoms in total. The number of anilines is 1. The van der Waals surface area contributed by atoms with Crippen molar-refractivity contribution < 1.29 is 31.1 Å². The van der Waals surface area contributed by atoms with Crippen LogP contribution in [0.2, 0.25) is 10.0 Å². The molecular weight excluding hydrogens is 528 g/mol. The monoisotopic (exact) mass is 546 g/mol. The Bertz CT molecular complexity index is 1290. The number of alkyl halides is 3. The average molecular weight is 547 g/mol. The van der Waals surface area contributed by atoms with Gasteiger partial charge in [0.05, 0.1) is 32.7 Å². The lowest BCUT2D eigenvalue weighted by Crippen LogP contribution is -2.42. The van der Waals surface area contributed by atoms with Crippen molar-refractivity contribution in [3.63, 3.8) is 0 Å². The molecule has 0 unspecified atom stereocenters. The number of rotatable bonds is 9. The molecule has 3 aromatic carbocycles. The molecule has 0 bridgehead atoms. The van der Waals surface area contributed by atoms with Crippen LogP contribution in [0.5, 0.6) is 5.75 Å². The minimum Gasteiger partial charge on any atom is -0.490 e. The Morgan fingerprint density at radius 3 is 2.26 bits per heavy atom. The maximum atomic E-state index is 13.3. The van der Waals surface area contributed by atoms with Crippen molar-refractivity contribution in [2.24, 2.45) is 0 Å². The van der Waals surface area contributed by atoms with Gasteiger partial charge in [0, 0.05) is 0 Å². The van der Waals surface area contributed by atoms with Gasteiger partial charge in [0.25, 0.3) is 10.0 Å². The molecular formula is C23H19Cl2F3N2O4S. The molecule has 0 saturated carbocycles. The highest BCUT2D eigenvalue weighted by Crippen LogP contribution is 2.37. The molecule has 186 valence electrons. The van der Waals surface area contributed by atoms with Gasteiger partial charge in [-0.2, -0.15) is 13.2 Å². The molecule has 0 aliphatic heterocycles. The van der Waals surface area contributed by atoms with Crippen molar-refractivity contribution in [3.8, 4) is 5.75 Å². The zero-order valence-corrected chi connectivity index (χ0v) is 20.3. The Kier molecular flexibility index (Phi) is 8.52. The van der Waals surface area contributed by atoms with Gasteiger partial charge in [0.15, 0.2) is 0 Å². The van der Waals surface area contributed by atoms with Crippen LogP contribution < -0.4 is 14.4 Å². The number of ether oxygens (including phenoxy) is 1. The highest BCUT2D eigenvalue weighted by molar-refractivity contribution is 7.92. The van der Waals surface area contributed by atoms with Gasteiger partial charge < -0.3 is 10.1 Å². The number of hydrogen-bond donors (Lipinski definition) is 1. The smallest absolute Gasteiger partial charge is 0.416 e. The molecule has 35 heavy (non-hydrogen) atoms. The summed E-state index contributed by atoms with van der Waals surface area (Å²) in [6, 6.07) is 15.9. The minimum atomic E-state index is -4.75. The summed E-state index contributed by atoms with van der Waals surface area (Å²) in [4.78, 5) is 12.4. The van der Waals surface area contributed by atoms with E-state index in [4.69, 9.17) is 27.9 Å². The Hall–Kier alpha value is -2.95. The number of halogens is 5. The number of sulfonamides is 1. The summed E-state index contributed by atoms with van der Waals surface area (Å²) in [5.74, 6) is -0.381. The molecule has 0 aromatic heterocycles. The fourth-order valence-electron chi connectivity index (χ4n) is 3.00. The van der Waals surface area contributed by atoms with E-state index >= 15 is 0 Å². The maximum Gasteiger partial charge on any atom is 0.416 e. The standard InChI is InChI=1S/C23H19Cl2F3N2O4S/c24-18-11-10-16(23(26,27)28)14-20(18)30(35(32,33)17-6-2-1-3-7-17)15-22(31)29-12-13-34-21-9-5-4-8-19(21)25/h1-11,14H,12-13,15H2,(H,29,31). The Labute approximate surface area is 210 Å². The zero-order valence-electron chi connectivity index (χ0n) is 17.9. The van der Waals surface area contributed by atoms with Gasteiger partial charge in [-0.25, -0.2) is 8.42 Å². The van der Waals surface area contributed by atoms with Crippen LogP contribution in [0.3, 0.4) is 0 Å². The lowest BCUT2D eigenvalue weighted by molar-refractivity contribution is -0.137. The molecule has 3 rings (SSSR count). The van der Waals surface area contributed by atoms with Gasteiger partial charge in [0.1, 0.15) is 18.9 Å². The molecule has 1 N–H and O–H groups in total. The Morgan fingerprint density at radius 2 is 1.60 bits per heavy atom. The lowest BCUT2D eigenvalue weighted by atomic mass is 10.2. The zero-order chi connectivity index (χ0) is 25.6. The molecule has 0 fully saturated rings. The molecule has 0 aliphatic rings. The number of amides is 1. The van der Waals surface area contributed by atoms with E-state index in [9.17, 15) is 26.4 Å². The molecule has 0 spiro atoms. The summed E-state index contributed by atoms with van der Waals surface area (Å²) < 4.78 is 72.5. The normalized spacial score (nSPS) is 11.7. The highest BCUT2D eigenvalue weighted by Gasteiger charge is 2.34. The van der Waals surface area contributed by atoms with E-state index in [0.717, 1.165) is 12.1 Å². The van der Waals surface area contributed by atoms with Crippen LogP contribution in [0.1, 0.15) is 5.56 Å². The lowest BCUT2D eigenvalue weighted by Gasteiger charge is -2.25. The van der Waals surface area contributed by atoms with Gasteiger partial charge in [-0.05, 0) is 42.5 Å². The Balaban J connectivity index is 1.83. The Morgan fingerprint density at radius 1 is 0.943 bits per heavy atom. The topological polar surface area (TPSA) is 75.7 Å². The number of nitrogens with one attached hydrogen (secondary N) is 1. The molecule has 0 saturated heterocycles. The number of carbonyl (C=O) groups excluding carboxylic acids is 1. The van der Waals surface area contributed by atoms with Gasteiger partial charge in [0.2, 0.25) is 5.91 Å². The number of benzene rings is 3. The van der Waals surface area contributed by atoms with Crippen LogP contribution in [-0.4, -0.2) is 34.0 Å².